The van der Waals surface area contributed by atoms with E-state index in [4.69, 9.17) is 9.90 Å². The van der Waals surface area contributed by atoms with Gasteiger partial charge >= 0.3 is 27.3 Å². The molecule has 0 aromatic rings. The molecule has 6 heavy (non-hydrogen) atoms. The summed E-state index contributed by atoms with van der Waals surface area (Å²) in [6, 6.07) is 0. The van der Waals surface area contributed by atoms with Gasteiger partial charge in [-0.15, -0.1) is 0 Å². The van der Waals surface area contributed by atoms with E-state index in [1.54, 1.807) is 0 Å². The summed E-state index contributed by atoms with van der Waals surface area (Å²) in [7, 11) is 0. The van der Waals surface area contributed by atoms with E-state index in [2.05, 4.69) is 0 Å². The number of aliphatic carboxylic acids is 1. The van der Waals surface area contributed by atoms with Crippen LogP contribution >= 0.6 is 0 Å². The Bertz CT molecular complexity index is 31.8. The molecular weight excluding hydrogens is 279 g/mol. The van der Waals surface area contributed by atoms with Crippen molar-refractivity contribution in [1.29, 1.82) is 0 Å². The molecule has 0 saturated carbocycles. The molecule has 0 heterocycles. The third-order valence-electron chi connectivity index (χ3n) is 0. The Morgan fingerprint density at radius 3 is 1.67 bits per heavy atom. The fourth-order valence-electron chi connectivity index (χ4n) is 0. The van der Waals surface area contributed by atoms with Crippen molar-refractivity contribution in [3.05, 3.63) is 0 Å². The molecule has 0 spiro atoms. The maximum absolute atomic E-state index is 9.00. The number of hydrogen-bond donors (Lipinski definition) is 1. The van der Waals surface area contributed by atoms with Crippen LogP contribution in [0, 0.1) is 0 Å². The Balaban J connectivity index is -0.0000000450. The van der Waals surface area contributed by atoms with Gasteiger partial charge in [-0.2, -0.15) is 0 Å². The Kier molecular flexibility index (Phi) is 24.3. The quantitative estimate of drug-likeness (QED) is 0.542. The first-order valence-corrected chi connectivity index (χ1v) is 0.928. The summed E-state index contributed by atoms with van der Waals surface area (Å²) in [4.78, 5) is 9.00. The van der Waals surface area contributed by atoms with Crippen molar-refractivity contribution in [3.63, 3.8) is 0 Å². The van der Waals surface area contributed by atoms with Gasteiger partial charge in [0.25, 0.3) is 5.97 Å². The summed E-state index contributed by atoms with van der Waals surface area (Å²) in [5.41, 5.74) is 0. The van der Waals surface area contributed by atoms with Crippen LogP contribution in [0.2, 0.25) is 0 Å². The zero-order valence-corrected chi connectivity index (χ0v) is 9.06. The number of carboxylic acid groups (broad SMARTS) is 1. The Labute approximate surface area is 55.8 Å². The van der Waals surface area contributed by atoms with Crippen LogP contribution in [0.5, 0.6) is 0 Å². The SMILES string of the molecule is CC(=O)O.O.[PbH2]. The van der Waals surface area contributed by atoms with Gasteiger partial charge in [0.2, 0.25) is 0 Å². The molecule has 0 aliphatic carbocycles. The van der Waals surface area contributed by atoms with E-state index in [0.29, 0.717) is 0 Å². The Hall–Kier alpha value is 0.352. The fraction of sp³-hybridized carbons (Fsp3) is 0.500. The van der Waals surface area contributed by atoms with E-state index < -0.39 is 5.97 Å². The van der Waals surface area contributed by atoms with Crippen LogP contribution in [0.1, 0.15) is 6.92 Å². The summed E-state index contributed by atoms with van der Waals surface area (Å²) in [6.07, 6.45) is 0. The van der Waals surface area contributed by atoms with Crippen molar-refractivity contribution < 1.29 is 15.4 Å². The summed E-state index contributed by atoms with van der Waals surface area (Å²) in [6.45, 7) is 1.08. The van der Waals surface area contributed by atoms with Crippen LogP contribution in [0.15, 0.2) is 0 Å². The molecule has 2 radical (unpaired) electrons. The van der Waals surface area contributed by atoms with Crippen molar-refractivity contribution in [2.75, 3.05) is 0 Å². The van der Waals surface area contributed by atoms with Gasteiger partial charge in [-0.05, 0) is 0 Å². The monoisotopic (exact) mass is 288 g/mol. The van der Waals surface area contributed by atoms with E-state index in [1.807, 2.05) is 0 Å². The number of carbonyl (C=O) groups is 1. The van der Waals surface area contributed by atoms with Crippen LogP contribution in [-0.4, -0.2) is 43.9 Å². The third kappa shape index (κ3) is 395. The molecule has 0 aromatic heterocycles. The average molecular weight is 287 g/mol. The van der Waals surface area contributed by atoms with Gasteiger partial charge in [0.15, 0.2) is 0 Å². The van der Waals surface area contributed by atoms with Crippen LogP contribution in [0.3, 0.4) is 0 Å². The van der Waals surface area contributed by atoms with E-state index in [-0.39, 0.29) is 32.8 Å². The first kappa shape index (κ1) is 16.2. The molecule has 3 nitrogen and oxygen atoms in total. The maximum atomic E-state index is 9.00. The molecule has 0 fully saturated rings. The molecule has 4 heteroatoms. The first-order chi connectivity index (χ1) is 1.73. The van der Waals surface area contributed by atoms with Crippen LogP contribution in [-0.2, 0) is 4.79 Å². The summed E-state index contributed by atoms with van der Waals surface area (Å²) >= 11 is 0. The van der Waals surface area contributed by atoms with Crippen LogP contribution in [0.4, 0.5) is 0 Å². The van der Waals surface area contributed by atoms with Crippen molar-refractivity contribution >= 4 is 33.3 Å². The summed E-state index contributed by atoms with van der Waals surface area (Å²) < 4.78 is 0. The summed E-state index contributed by atoms with van der Waals surface area (Å²) in [5, 5.41) is 7.42. The van der Waals surface area contributed by atoms with Gasteiger partial charge in [-0.3, -0.25) is 4.79 Å². The minimum absolute atomic E-state index is 0. The van der Waals surface area contributed by atoms with E-state index in [1.165, 1.54) is 0 Å². The second-order valence-electron chi connectivity index (χ2n) is 0.519. The molecule has 0 rings (SSSR count). The van der Waals surface area contributed by atoms with Crippen molar-refractivity contribution in [1.82, 2.24) is 0 Å². The average Bonchev–Trinajstić information content (AvgIpc) is 0.811. The van der Waals surface area contributed by atoms with Gasteiger partial charge in [0.05, 0.1) is 0 Å². The zero-order chi connectivity index (χ0) is 3.58. The predicted octanol–water partition coefficient (Wildman–Crippen LogP) is -1.65. The van der Waals surface area contributed by atoms with E-state index in [9.17, 15) is 0 Å². The molecular formula is C2H8O3Pb. The first-order valence-electron chi connectivity index (χ1n) is 0.928. The topological polar surface area (TPSA) is 68.8 Å². The molecule has 0 unspecified atom stereocenters. The second kappa shape index (κ2) is 9.02. The molecule has 0 atom stereocenters. The molecule has 38 valence electrons. The Morgan fingerprint density at radius 2 is 1.67 bits per heavy atom. The van der Waals surface area contributed by atoms with Gasteiger partial charge in [-0.25, -0.2) is 0 Å². The second-order valence-corrected chi connectivity index (χ2v) is 0.519. The van der Waals surface area contributed by atoms with Crippen molar-refractivity contribution in [3.8, 4) is 0 Å². The van der Waals surface area contributed by atoms with Crippen LogP contribution < -0.4 is 0 Å². The molecule has 0 saturated heterocycles. The van der Waals surface area contributed by atoms with Gasteiger partial charge < -0.3 is 10.6 Å². The van der Waals surface area contributed by atoms with Gasteiger partial charge in [-0.1, -0.05) is 0 Å². The molecule has 0 aliphatic heterocycles. The molecule has 0 aromatic carbocycles. The normalized spacial score (nSPS) is 4.17. The Morgan fingerprint density at radius 1 is 1.67 bits per heavy atom. The molecule has 0 bridgehead atoms. The summed E-state index contributed by atoms with van der Waals surface area (Å²) in [5.74, 6) is -0.833. The van der Waals surface area contributed by atoms with Gasteiger partial charge in [0, 0.05) is 6.92 Å². The molecule has 3 N–H and O–H groups in total. The number of carboxylic acids is 1. The van der Waals surface area contributed by atoms with Crippen LogP contribution in [0.25, 0.3) is 0 Å². The van der Waals surface area contributed by atoms with Gasteiger partial charge in [0.1, 0.15) is 0 Å². The minimum atomic E-state index is -0.833. The molecule has 0 amide bonds. The van der Waals surface area contributed by atoms with Crippen molar-refractivity contribution in [2.45, 2.75) is 6.92 Å². The van der Waals surface area contributed by atoms with E-state index in [0.717, 1.165) is 6.92 Å². The number of hydrogen-bond acceptors (Lipinski definition) is 1. The third-order valence-corrected chi connectivity index (χ3v) is 0. The predicted molar refractivity (Wildman–Crippen MR) is 25.5 cm³/mol. The zero-order valence-electron chi connectivity index (χ0n) is 3.56. The van der Waals surface area contributed by atoms with E-state index >= 15 is 0 Å². The molecule has 0 aliphatic rings. The standard InChI is InChI=1S/C2H4O2.H2O.Pb.2H/c1-2(3)4;;;;/h1H3,(H,3,4);1H2;;;. The van der Waals surface area contributed by atoms with Crippen molar-refractivity contribution in [2.24, 2.45) is 0 Å². The number of rotatable bonds is 0. The fourth-order valence-corrected chi connectivity index (χ4v) is 0.